The minimum Gasteiger partial charge on any atom is -0.497 e. The minimum absolute atomic E-state index is 0.0704. The second kappa shape index (κ2) is 5.33. The van der Waals surface area contributed by atoms with Crippen molar-refractivity contribution in [2.24, 2.45) is 11.3 Å². The Morgan fingerprint density at radius 3 is 2.92 bits per heavy atom. The van der Waals surface area contributed by atoms with Gasteiger partial charge in [-0.2, -0.15) is 0 Å². The molecule has 0 bridgehead atoms. The summed E-state index contributed by atoms with van der Waals surface area (Å²) >= 11 is 0. The second-order valence-corrected chi connectivity index (χ2v) is 6.83. The van der Waals surface area contributed by atoms with Gasteiger partial charge in [-0.15, -0.1) is 5.10 Å². The molecule has 2 aliphatic rings. The number of aromatic nitrogens is 3. The van der Waals surface area contributed by atoms with Crippen LogP contribution in [0, 0.1) is 18.3 Å². The first-order valence-electron chi connectivity index (χ1n) is 8.24. The molecule has 2 saturated carbocycles. The van der Waals surface area contributed by atoms with Gasteiger partial charge in [0, 0.05) is 5.56 Å². The third kappa shape index (κ3) is 2.12. The zero-order valence-corrected chi connectivity index (χ0v) is 14.2. The van der Waals surface area contributed by atoms with E-state index in [1.165, 1.54) is 7.11 Å². The topological polar surface area (TPSA) is 66.2 Å². The summed E-state index contributed by atoms with van der Waals surface area (Å²) in [6.07, 6.45) is 4.71. The Labute approximate surface area is 140 Å². The van der Waals surface area contributed by atoms with Crippen molar-refractivity contribution in [3.63, 3.8) is 0 Å². The van der Waals surface area contributed by atoms with Crippen LogP contribution in [-0.4, -0.2) is 35.2 Å². The molecule has 6 nitrogen and oxygen atoms in total. The van der Waals surface area contributed by atoms with E-state index in [-0.39, 0.29) is 17.4 Å². The fourth-order valence-electron chi connectivity index (χ4n) is 4.15. The average Bonchev–Trinajstić information content (AvgIpc) is 2.96. The van der Waals surface area contributed by atoms with Crippen LogP contribution in [0.1, 0.15) is 30.9 Å². The van der Waals surface area contributed by atoms with Crippen molar-refractivity contribution in [1.82, 2.24) is 15.0 Å². The van der Waals surface area contributed by atoms with E-state index in [1.807, 2.05) is 36.0 Å². The minimum atomic E-state index is -0.266. The van der Waals surface area contributed by atoms with Crippen molar-refractivity contribution in [2.75, 3.05) is 14.2 Å². The summed E-state index contributed by atoms with van der Waals surface area (Å²) in [5.41, 5.74) is 2.72. The summed E-state index contributed by atoms with van der Waals surface area (Å²) in [7, 11) is 3.13. The number of esters is 1. The first-order chi connectivity index (χ1) is 11.6. The number of rotatable bonds is 4. The van der Waals surface area contributed by atoms with Gasteiger partial charge in [-0.25, -0.2) is 4.68 Å². The lowest BCUT2D eigenvalue weighted by Gasteiger charge is -2.10. The van der Waals surface area contributed by atoms with E-state index in [9.17, 15) is 4.79 Å². The van der Waals surface area contributed by atoms with Crippen LogP contribution >= 0.6 is 0 Å². The molecule has 2 aliphatic carbocycles. The largest absolute Gasteiger partial charge is 0.497 e. The molecule has 2 aromatic rings. The maximum Gasteiger partial charge on any atom is 0.312 e. The quantitative estimate of drug-likeness (QED) is 0.808. The number of nitrogens with zero attached hydrogens (tertiary/aromatic N) is 3. The van der Waals surface area contributed by atoms with Crippen LogP contribution in [0.25, 0.3) is 11.3 Å². The summed E-state index contributed by atoms with van der Waals surface area (Å²) in [5, 5.41) is 8.69. The summed E-state index contributed by atoms with van der Waals surface area (Å²) in [6, 6.07) is 6.17. The number of benzene rings is 1. The van der Waals surface area contributed by atoms with Crippen LogP contribution < -0.4 is 4.74 Å². The monoisotopic (exact) mass is 327 g/mol. The predicted octanol–water partition coefficient (Wildman–Crippen LogP) is 2.78. The Morgan fingerprint density at radius 2 is 2.21 bits per heavy atom. The van der Waals surface area contributed by atoms with Gasteiger partial charge in [0.25, 0.3) is 0 Å². The van der Waals surface area contributed by atoms with Gasteiger partial charge in [-0.1, -0.05) is 11.3 Å². The highest BCUT2D eigenvalue weighted by molar-refractivity contribution is 5.81. The number of hydrogen-bond acceptors (Lipinski definition) is 5. The highest BCUT2D eigenvalue weighted by atomic mass is 16.5. The summed E-state index contributed by atoms with van der Waals surface area (Å²) in [5.74, 6) is 1.06. The van der Waals surface area contributed by atoms with E-state index in [0.717, 1.165) is 41.8 Å². The van der Waals surface area contributed by atoms with Crippen LogP contribution in [0.5, 0.6) is 5.75 Å². The molecule has 0 radical (unpaired) electrons. The summed E-state index contributed by atoms with van der Waals surface area (Å²) < 4.78 is 12.2. The van der Waals surface area contributed by atoms with Gasteiger partial charge in [0.05, 0.1) is 31.9 Å². The first kappa shape index (κ1) is 15.2. The molecular weight excluding hydrogens is 306 g/mol. The fraction of sp³-hybridized carbons (Fsp3) is 0.500. The number of fused-ring (bicyclic) bond motifs is 1. The Morgan fingerprint density at radius 1 is 1.38 bits per heavy atom. The molecule has 0 saturated heterocycles. The molecule has 1 aromatic carbocycles. The lowest BCUT2D eigenvalue weighted by molar-refractivity contribution is -0.147. The van der Waals surface area contributed by atoms with Gasteiger partial charge in [-0.3, -0.25) is 4.79 Å². The van der Waals surface area contributed by atoms with Crippen LogP contribution in [0.15, 0.2) is 24.4 Å². The maximum atomic E-state index is 12.0. The van der Waals surface area contributed by atoms with Gasteiger partial charge >= 0.3 is 5.97 Å². The lowest BCUT2D eigenvalue weighted by Crippen LogP contribution is -2.17. The van der Waals surface area contributed by atoms with Crippen molar-refractivity contribution < 1.29 is 14.3 Å². The second-order valence-electron chi connectivity index (χ2n) is 6.83. The van der Waals surface area contributed by atoms with Crippen LogP contribution in [-0.2, 0) is 9.53 Å². The van der Waals surface area contributed by atoms with E-state index in [4.69, 9.17) is 9.47 Å². The molecule has 4 rings (SSSR count). The Balaban J connectivity index is 1.60. The number of ether oxygens (including phenoxy) is 2. The summed E-state index contributed by atoms with van der Waals surface area (Å²) in [4.78, 5) is 12.0. The Hall–Kier alpha value is -2.37. The molecule has 1 aromatic heterocycles. The van der Waals surface area contributed by atoms with Gasteiger partial charge in [0.2, 0.25) is 0 Å². The molecule has 6 heteroatoms. The zero-order valence-electron chi connectivity index (χ0n) is 14.2. The molecular formula is C18H21N3O3. The van der Waals surface area contributed by atoms with Crippen molar-refractivity contribution >= 4 is 5.97 Å². The molecule has 126 valence electrons. The molecule has 0 N–H and O–H groups in total. The number of carbonyl (C=O) groups excluding carboxylic acids is 1. The molecule has 1 heterocycles. The smallest absolute Gasteiger partial charge is 0.312 e. The normalized spacial score (nSPS) is 27.6. The molecule has 0 unspecified atom stereocenters. The summed E-state index contributed by atoms with van der Waals surface area (Å²) in [6.45, 7) is 2.05. The molecule has 0 spiro atoms. The average molecular weight is 327 g/mol. The Kier molecular flexibility index (Phi) is 3.37. The van der Waals surface area contributed by atoms with Crippen molar-refractivity contribution in [2.45, 2.75) is 32.2 Å². The standard InChI is InChI=1S/C18H21N3O3/c1-11-4-5-12(23-2)8-13(11)15-10-21(20-19-15)16-6-7-18(9-14(16)18)17(22)24-3/h4-5,8,10,14,16H,6-7,9H2,1-3H3/t14-,16-,18+/m0/s1. The van der Waals surface area contributed by atoms with Gasteiger partial charge in [0.15, 0.2) is 0 Å². The van der Waals surface area contributed by atoms with Crippen LogP contribution in [0.4, 0.5) is 0 Å². The molecule has 24 heavy (non-hydrogen) atoms. The third-order valence-corrected chi connectivity index (χ3v) is 5.65. The fourth-order valence-corrected chi connectivity index (χ4v) is 4.15. The number of methoxy groups -OCH3 is 2. The lowest BCUT2D eigenvalue weighted by atomic mass is 10.1. The molecule has 2 fully saturated rings. The van der Waals surface area contributed by atoms with E-state index < -0.39 is 0 Å². The van der Waals surface area contributed by atoms with Crippen molar-refractivity contribution in [3.8, 4) is 17.0 Å². The van der Waals surface area contributed by atoms with Crippen molar-refractivity contribution in [1.29, 1.82) is 0 Å². The van der Waals surface area contributed by atoms with E-state index >= 15 is 0 Å². The third-order valence-electron chi connectivity index (χ3n) is 5.65. The zero-order chi connectivity index (χ0) is 16.9. The van der Waals surface area contributed by atoms with E-state index in [1.54, 1.807) is 7.11 Å². The first-order valence-corrected chi connectivity index (χ1v) is 8.24. The molecule has 3 atom stereocenters. The van der Waals surface area contributed by atoms with Crippen molar-refractivity contribution in [3.05, 3.63) is 30.0 Å². The van der Waals surface area contributed by atoms with E-state index in [2.05, 4.69) is 10.3 Å². The molecule has 0 amide bonds. The predicted molar refractivity (Wildman–Crippen MR) is 87.6 cm³/mol. The highest BCUT2D eigenvalue weighted by Gasteiger charge is 2.67. The van der Waals surface area contributed by atoms with E-state index in [0.29, 0.717) is 5.92 Å². The maximum absolute atomic E-state index is 12.0. The number of aryl methyl sites for hydroxylation is 1. The van der Waals surface area contributed by atoms with Crippen LogP contribution in [0.3, 0.4) is 0 Å². The van der Waals surface area contributed by atoms with Gasteiger partial charge in [-0.05, 0) is 49.8 Å². The highest BCUT2D eigenvalue weighted by Crippen LogP contribution is 2.68. The van der Waals surface area contributed by atoms with Gasteiger partial charge in [0.1, 0.15) is 11.4 Å². The molecule has 0 aliphatic heterocycles. The van der Waals surface area contributed by atoms with Crippen LogP contribution in [0.2, 0.25) is 0 Å². The SMILES string of the molecule is COC(=O)[C@@]12CC[C@H](n3cc(-c4cc(OC)ccc4C)nn3)[C@@H]1C2. The Bertz CT molecular complexity index is 801. The number of carbonyl (C=O) groups is 1. The number of hydrogen-bond donors (Lipinski definition) is 0. The van der Waals surface area contributed by atoms with Gasteiger partial charge < -0.3 is 9.47 Å².